The average Bonchev–Trinajstić information content (AvgIpc) is 3.16. The molecule has 31 heavy (non-hydrogen) atoms. The van der Waals surface area contributed by atoms with Crippen molar-refractivity contribution in [1.29, 1.82) is 0 Å². The fourth-order valence-corrected chi connectivity index (χ4v) is 3.71. The minimum absolute atomic E-state index is 0.00933. The molecule has 3 aromatic rings. The number of nitrogens with one attached hydrogen (secondary N) is 1. The average molecular weight is 418 g/mol. The van der Waals surface area contributed by atoms with Crippen molar-refractivity contribution in [3.8, 4) is 11.5 Å². The standard InChI is InChI=1S/C24H26N4O3/c1-16-8-9-21(25-15-16)27-23(30)18-10-12-28(13-11-18)22(29)14-20-17(2)31-24(26-20)19-6-4-3-5-7-19/h3-9,15,18H,10-14H2,1-2H3,(H,25,27,30). The van der Waals surface area contributed by atoms with Crippen molar-refractivity contribution >= 4 is 17.6 Å². The SMILES string of the molecule is Cc1ccc(NC(=O)C2CCN(C(=O)Cc3nc(-c4ccccc4)oc3C)CC2)nc1. The molecule has 0 saturated carbocycles. The van der Waals surface area contributed by atoms with Gasteiger partial charge in [-0.2, -0.15) is 0 Å². The summed E-state index contributed by atoms with van der Waals surface area (Å²) in [5.74, 6) is 1.60. The third-order valence-corrected chi connectivity index (χ3v) is 5.61. The van der Waals surface area contributed by atoms with Gasteiger partial charge in [-0.3, -0.25) is 9.59 Å². The first kappa shape index (κ1) is 20.8. The summed E-state index contributed by atoms with van der Waals surface area (Å²) >= 11 is 0. The van der Waals surface area contributed by atoms with E-state index in [-0.39, 0.29) is 24.2 Å². The van der Waals surface area contributed by atoms with Gasteiger partial charge in [0, 0.05) is 30.8 Å². The highest BCUT2D eigenvalue weighted by atomic mass is 16.4. The van der Waals surface area contributed by atoms with Crippen molar-refractivity contribution in [3.63, 3.8) is 0 Å². The Labute approximate surface area is 181 Å². The maximum atomic E-state index is 12.8. The Morgan fingerprint density at radius 1 is 1.10 bits per heavy atom. The number of aromatic nitrogens is 2. The lowest BCUT2D eigenvalue weighted by molar-refractivity contribution is -0.133. The minimum atomic E-state index is -0.120. The molecule has 4 rings (SSSR count). The summed E-state index contributed by atoms with van der Waals surface area (Å²) in [7, 11) is 0. The Hall–Kier alpha value is -3.48. The second-order valence-electron chi connectivity index (χ2n) is 7.93. The first-order valence-corrected chi connectivity index (χ1v) is 10.5. The van der Waals surface area contributed by atoms with Gasteiger partial charge in [0.2, 0.25) is 17.7 Å². The smallest absolute Gasteiger partial charge is 0.228 e. The maximum Gasteiger partial charge on any atom is 0.228 e. The quantitative estimate of drug-likeness (QED) is 0.681. The van der Waals surface area contributed by atoms with Crippen LogP contribution >= 0.6 is 0 Å². The number of aryl methyl sites for hydroxylation is 2. The van der Waals surface area contributed by atoms with E-state index in [1.807, 2.05) is 55.1 Å². The fraction of sp³-hybridized carbons (Fsp3) is 0.333. The number of piperidine rings is 1. The van der Waals surface area contributed by atoms with Gasteiger partial charge < -0.3 is 14.6 Å². The number of pyridine rings is 1. The van der Waals surface area contributed by atoms with Gasteiger partial charge in [0.05, 0.1) is 12.1 Å². The first-order chi connectivity index (χ1) is 15.0. The van der Waals surface area contributed by atoms with Crippen LogP contribution < -0.4 is 5.32 Å². The van der Waals surface area contributed by atoms with Gasteiger partial charge in [-0.15, -0.1) is 0 Å². The molecule has 1 fully saturated rings. The molecular weight excluding hydrogens is 392 g/mol. The lowest BCUT2D eigenvalue weighted by Gasteiger charge is -2.31. The van der Waals surface area contributed by atoms with Crippen LogP contribution in [0.1, 0.15) is 29.9 Å². The monoisotopic (exact) mass is 418 g/mol. The number of carbonyl (C=O) groups excluding carboxylic acids is 2. The molecule has 0 radical (unpaired) electrons. The highest BCUT2D eigenvalue weighted by Crippen LogP contribution is 2.23. The van der Waals surface area contributed by atoms with E-state index in [0.29, 0.717) is 49.1 Å². The molecule has 7 heteroatoms. The van der Waals surface area contributed by atoms with Crippen molar-refractivity contribution < 1.29 is 14.0 Å². The topological polar surface area (TPSA) is 88.3 Å². The van der Waals surface area contributed by atoms with Gasteiger partial charge in [0.25, 0.3) is 0 Å². The van der Waals surface area contributed by atoms with Gasteiger partial charge >= 0.3 is 0 Å². The van der Waals surface area contributed by atoms with E-state index < -0.39 is 0 Å². The summed E-state index contributed by atoms with van der Waals surface area (Å²) in [6.45, 7) is 4.90. The van der Waals surface area contributed by atoms with Crippen LogP contribution in [0.2, 0.25) is 0 Å². The number of hydrogen-bond donors (Lipinski definition) is 1. The molecular formula is C24H26N4O3. The Bertz CT molecular complexity index is 1050. The number of amides is 2. The second kappa shape index (κ2) is 9.12. The minimum Gasteiger partial charge on any atom is -0.441 e. The summed E-state index contributed by atoms with van der Waals surface area (Å²) in [6, 6.07) is 13.4. The number of benzene rings is 1. The third kappa shape index (κ3) is 4.99. The van der Waals surface area contributed by atoms with E-state index in [2.05, 4.69) is 15.3 Å². The lowest BCUT2D eigenvalue weighted by Crippen LogP contribution is -2.42. The molecule has 0 bridgehead atoms. The Morgan fingerprint density at radius 3 is 2.52 bits per heavy atom. The van der Waals surface area contributed by atoms with Gasteiger partial charge in [-0.05, 0) is 50.5 Å². The molecule has 1 aliphatic heterocycles. The van der Waals surface area contributed by atoms with Crippen LogP contribution in [-0.2, 0) is 16.0 Å². The first-order valence-electron chi connectivity index (χ1n) is 10.5. The molecule has 0 atom stereocenters. The highest BCUT2D eigenvalue weighted by molar-refractivity contribution is 5.92. The summed E-state index contributed by atoms with van der Waals surface area (Å²) in [5, 5.41) is 2.87. The molecule has 2 aromatic heterocycles. The van der Waals surface area contributed by atoms with E-state index in [1.165, 1.54) is 0 Å². The predicted octanol–water partition coefficient (Wildman–Crippen LogP) is 3.77. The predicted molar refractivity (Wildman–Crippen MR) is 117 cm³/mol. The van der Waals surface area contributed by atoms with E-state index in [9.17, 15) is 9.59 Å². The normalized spacial score (nSPS) is 14.5. The van der Waals surface area contributed by atoms with Crippen LogP contribution in [0, 0.1) is 19.8 Å². The van der Waals surface area contributed by atoms with Gasteiger partial charge in [0.15, 0.2) is 0 Å². The van der Waals surface area contributed by atoms with Crippen molar-refractivity contribution in [3.05, 3.63) is 65.7 Å². The van der Waals surface area contributed by atoms with Gasteiger partial charge in [-0.1, -0.05) is 24.3 Å². The van der Waals surface area contributed by atoms with Crippen molar-refractivity contribution in [2.75, 3.05) is 18.4 Å². The molecule has 0 aliphatic carbocycles. The highest BCUT2D eigenvalue weighted by Gasteiger charge is 2.28. The number of oxazole rings is 1. The maximum absolute atomic E-state index is 12.8. The van der Waals surface area contributed by atoms with Crippen LogP contribution in [0.5, 0.6) is 0 Å². The molecule has 2 amide bonds. The zero-order valence-corrected chi connectivity index (χ0v) is 17.8. The van der Waals surface area contributed by atoms with E-state index in [0.717, 1.165) is 11.1 Å². The number of rotatable bonds is 5. The summed E-state index contributed by atoms with van der Waals surface area (Å²) in [4.78, 5) is 35.9. The zero-order chi connectivity index (χ0) is 21.8. The largest absolute Gasteiger partial charge is 0.441 e. The third-order valence-electron chi connectivity index (χ3n) is 5.61. The van der Waals surface area contributed by atoms with Crippen LogP contribution in [-0.4, -0.2) is 39.8 Å². The van der Waals surface area contributed by atoms with Crippen molar-refractivity contribution in [1.82, 2.24) is 14.9 Å². The Morgan fingerprint density at radius 2 is 1.84 bits per heavy atom. The van der Waals surface area contributed by atoms with Crippen molar-refractivity contribution in [2.45, 2.75) is 33.1 Å². The Kier molecular flexibility index (Phi) is 6.11. The van der Waals surface area contributed by atoms with E-state index in [1.54, 1.807) is 12.3 Å². The van der Waals surface area contributed by atoms with Crippen LogP contribution in [0.3, 0.4) is 0 Å². The zero-order valence-electron chi connectivity index (χ0n) is 17.8. The molecule has 7 nitrogen and oxygen atoms in total. The summed E-state index contributed by atoms with van der Waals surface area (Å²) in [6.07, 6.45) is 3.20. The number of hydrogen-bond acceptors (Lipinski definition) is 5. The molecule has 3 heterocycles. The van der Waals surface area contributed by atoms with Crippen LogP contribution in [0.15, 0.2) is 53.1 Å². The molecule has 160 valence electrons. The van der Waals surface area contributed by atoms with Crippen LogP contribution in [0.4, 0.5) is 5.82 Å². The van der Waals surface area contributed by atoms with Gasteiger partial charge in [-0.25, -0.2) is 9.97 Å². The molecule has 1 N–H and O–H groups in total. The number of carbonyl (C=O) groups is 2. The number of anilines is 1. The number of nitrogens with zero attached hydrogens (tertiary/aromatic N) is 3. The van der Waals surface area contributed by atoms with Crippen molar-refractivity contribution in [2.24, 2.45) is 5.92 Å². The van der Waals surface area contributed by atoms with Gasteiger partial charge in [0.1, 0.15) is 11.6 Å². The molecule has 1 aromatic carbocycles. The molecule has 0 spiro atoms. The molecule has 0 unspecified atom stereocenters. The summed E-state index contributed by atoms with van der Waals surface area (Å²) in [5.41, 5.74) is 2.59. The second-order valence-corrected chi connectivity index (χ2v) is 7.93. The van der Waals surface area contributed by atoms with E-state index in [4.69, 9.17) is 4.42 Å². The Balaban J connectivity index is 1.31. The van der Waals surface area contributed by atoms with E-state index >= 15 is 0 Å². The number of likely N-dealkylation sites (tertiary alicyclic amines) is 1. The lowest BCUT2D eigenvalue weighted by atomic mass is 9.95. The fourth-order valence-electron chi connectivity index (χ4n) is 3.71. The summed E-state index contributed by atoms with van der Waals surface area (Å²) < 4.78 is 5.76. The van der Waals surface area contributed by atoms with Crippen LogP contribution in [0.25, 0.3) is 11.5 Å². The molecule has 1 aliphatic rings. The molecule has 1 saturated heterocycles.